The number of hydrogen-bond donors (Lipinski definition) is 1. The lowest BCUT2D eigenvalue weighted by Gasteiger charge is -2.18. The fourth-order valence-corrected chi connectivity index (χ4v) is 3.07. The van der Waals surface area contributed by atoms with E-state index in [4.69, 9.17) is 16.1 Å². The minimum Gasteiger partial charge on any atom is -0.359 e. The molecular formula is C19H14ClN5O2. The highest BCUT2D eigenvalue weighted by atomic mass is 35.5. The maximum Gasteiger partial charge on any atom is 0.218 e. The van der Waals surface area contributed by atoms with E-state index < -0.39 is 0 Å². The zero-order valence-corrected chi connectivity index (χ0v) is 15.0. The summed E-state index contributed by atoms with van der Waals surface area (Å²) in [6.07, 6.45) is 2.17. The van der Waals surface area contributed by atoms with E-state index in [-0.39, 0.29) is 0 Å². The molecular weight excluding hydrogens is 366 g/mol. The molecule has 8 heteroatoms. The van der Waals surface area contributed by atoms with Crippen molar-refractivity contribution in [3.8, 4) is 22.6 Å². The summed E-state index contributed by atoms with van der Waals surface area (Å²) in [6.45, 7) is 1.75. The molecule has 134 valence electrons. The third-order valence-corrected chi connectivity index (χ3v) is 4.47. The third kappa shape index (κ3) is 3.09. The monoisotopic (exact) mass is 379 g/mol. The number of carbonyl (C=O) groups excluding carboxylic acids is 1. The maximum absolute atomic E-state index is 11.9. The van der Waals surface area contributed by atoms with Crippen molar-refractivity contribution in [2.75, 3.05) is 4.90 Å². The molecule has 0 aliphatic heterocycles. The van der Waals surface area contributed by atoms with Crippen LogP contribution in [-0.2, 0) is 4.79 Å². The zero-order valence-electron chi connectivity index (χ0n) is 14.3. The molecule has 0 radical (unpaired) electrons. The van der Waals surface area contributed by atoms with E-state index >= 15 is 0 Å². The molecule has 1 N–H and O–H groups in total. The van der Waals surface area contributed by atoms with Crippen molar-refractivity contribution in [2.24, 2.45) is 0 Å². The molecule has 2 aromatic heterocycles. The predicted molar refractivity (Wildman–Crippen MR) is 102 cm³/mol. The topological polar surface area (TPSA) is 87.9 Å². The van der Waals surface area contributed by atoms with Crippen LogP contribution >= 0.6 is 11.6 Å². The number of nitrogens with zero attached hydrogens (tertiary/aromatic N) is 4. The number of nitrogens with one attached hydrogen (secondary N) is 1. The van der Waals surface area contributed by atoms with Crippen LogP contribution in [0.5, 0.6) is 0 Å². The minimum absolute atomic E-state index is 0.504. The summed E-state index contributed by atoms with van der Waals surface area (Å²) in [5.41, 5.74) is 3.26. The molecule has 4 rings (SSSR count). The van der Waals surface area contributed by atoms with E-state index in [9.17, 15) is 4.79 Å². The molecule has 1 amide bonds. The number of hydrogen-bond acceptors (Lipinski definition) is 5. The molecule has 0 saturated heterocycles. The first-order chi connectivity index (χ1) is 13.2. The van der Waals surface area contributed by atoms with Gasteiger partial charge >= 0.3 is 0 Å². The van der Waals surface area contributed by atoms with Crippen molar-refractivity contribution in [1.29, 1.82) is 0 Å². The van der Waals surface area contributed by atoms with Gasteiger partial charge in [-0.3, -0.25) is 14.8 Å². The number of halogens is 1. The molecule has 2 heterocycles. The Labute approximate surface area is 159 Å². The van der Waals surface area contributed by atoms with Gasteiger partial charge in [0.2, 0.25) is 6.41 Å². The van der Waals surface area contributed by atoms with Gasteiger partial charge in [0.1, 0.15) is 17.7 Å². The summed E-state index contributed by atoms with van der Waals surface area (Å²) in [7, 11) is 0. The Hall–Kier alpha value is -3.45. The first-order valence-electron chi connectivity index (χ1n) is 8.10. The number of benzene rings is 2. The summed E-state index contributed by atoms with van der Waals surface area (Å²) in [5, 5.41) is 11.3. The summed E-state index contributed by atoms with van der Waals surface area (Å²) >= 11 is 6.31. The maximum atomic E-state index is 11.9. The van der Waals surface area contributed by atoms with E-state index in [1.807, 2.05) is 42.5 Å². The lowest BCUT2D eigenvalue weighted by Crippen LogP contribution is -2.15. The Morgan fingerprint density at radius 1 is 1.15 bits per heavy atom. The van der Waals surface area contributed by atoms with E-state index in [1.54, 1.807) is 13.0 Å². The number of carbonyl (C=O) groups is 1. The van der Waals surface area contributed by atoms with Crippen molar-refractivity contribution in [3.63, 3.8) is 0 Å². The lowest BCUT2D eigenvalue weighted by molar-refractivity contribution is -0.106. The molecule has 0 aliphatic rings. The van der Waals surface area contributed by atoms with Crippen LogP contribution in [0.3, 0.4) is 0 Å². The van der Waals surface area contributed by atoms with Crippen LogP contribution in [0, 0.1) is 6.92 Å². The third-order valence-electron chi connectivity index (χ3n) is 4.14. The Morgan fingerprint density at radius 2 is 1.93 bits per heavy atom. The van der Waals surface area contributed by atoms with Gasteiger partial charge in [-0.15, -0.1) is 0 Å². The zero-order chi connectivity index (χ0) is 18.8. The summed E-state index contributed by atoms with van der Waals surface area (Å²) in [6, 6.07) is 14.6. The highest BCUT2D eigenvalue weighted by molar-refractivity contribution is 6.33. The summed E-state index contributed by atoms with van der Waals surface area (Å²) in [5.74, 6) is 1.16. The molecule has 0 atom stereocenters. The van der Waals surface area contributed by atoms with Gasteiger partial charge in [-0.25, -0.2) is 4.98 Å². The molecule has 7 nitrogen and oxygen atoms in total. The predicted octanol–water partition coefficient (Wildman–Crippen LogP) is 4.38. The van der Waals surface area contributed by atoms with Gasteiger partial charge in [0.05, 0.1) is 5.02 Å². The fourth-order valence-electron chi connectivity index (χ4n) is 2.85. The van der Waals surface area contributed by atoms with Gasteiger partial charge in [0.25, 0.3) is 0 Å². The molecule has 0 fully saturated rings. The van der Waals surface area contributed by atoms with Crippen molar-refractivity contribution in [1.82, 2.24) is 20.3 Å². The van der Waals surface area contributed by atoms with Crippen LogP contribution in [0.4, 0.5) is 11.4 Å². The molecule has 0 unspecified atom stereocenters. The van der Waals surface area contributed by atoms with Gasteiger partial charge in [-0.1, -0.05) is 35.0 Å². The molecule has 0 aliphatic carbocycles. The molecule has 0 spiro atoms. The van der Waals surface area contributed by atoms with Gasteiger partial charge in [0, 0.05) is 16.8 Å². The molecule has 0 saturated carbocycles. The van der Waals surface area contributed by atoms with Crippen LogP contribution in [0.1, 0.15) is 5.76 Å². The number of amides is 1. The number of aromatic amines is 1. The standard InChI is InChI=1S/C19H14ClN5O2/c1-12-18(17(24-27-12)15-4-2-3-5-16(15)20)25(11-26)14-8-6-13(7-9-14)19-21-10-22-23-19/h2-11H,1H3,(H,21,22,23). The Morgan fingerprint density at radius 3 is 2.59 bits per heavy atom. The van der Waals surface area contributed by atoms with E-state index in [1.165, 1.54) is 11.2 Å². The number of anilines is 2. The van der Waals surface area contributed by atoms with Crippen molar-refractivity contribution in [2.45, 2.75) is 6.92 Å². The average molecular weight is 380 g/mol. The Kier molecular flexibility index (Phi) is 4.43. The Balaban J connectivity index is 1.77. The van der Waals surface area contributed by atoms with Crippen LogP contribution in [0.25, 0.3) is 22.6 Å². The van der Waals surface area contributed by atoms with Gasteiger partial charge in [0.15, 0.2) is 11.6 Å². The number of rotatable bonds is 5. The number of aryl methyl sites for hydroxylation is 1. The van der Waals surface area contributed by atoms with E-state index in [0.717, 1.165) is 12.0 Å². The van der Waals surface area contributed by atoms with Crippen LogP contribution in [0.2, 0.25) is 5.02 Å². The highest BCUT2D eigenvalue weighted by Crippen LogP contribution is 2.39. The summed E-state index contributed by atoms with van der Waals surface area (Å²) in [4.78, 5) is 17.5. The first kappa shape index (κ1) is 17.0. The second-order valence-electron chi connectivity index (χ2n) is 5.77. The SMILES string of the molecule is Cc1onc(-c2ccccc2Cl)c1N(C=O)c1ccc(-c2ncn[nH]2)cc1. The quantitative estimate of drug-likeness (QED) is 0.520. The molecule has 27 heavy (non-hydrogen) atoms. The van der Waals surface area contributed by atoms with Gasteiger partial charge in [-0.05, 0) is 37.3 Å². The van der Waals surface area contributed by atoms with E-state index in [2.05, 4.69) is 20.3 Å². The average Bonchev–Trinajstić information content (AvgIpc) is 3.35. The van der Waals surface area contributed by atoms with Crippen molar-refractivity contribution in [3.05, 3.63) is 65.6 Å². The number of H-pyrrole nitrogens is 1. The van der Waals surface area contributed by atoms with Gasteiger partial charge in [-0.2, -0.15) is 5.10 Å². The molecule has 2 aromatic carbocycles. The smallest absolute Gasteiger partial charge is 0.218 e. The largest absolute Gasteiger partial charge is 0.359 e. The van der Waals surface area contributed by atoms with E-state index in [0.29, 0.717) is 39.2 Å². The second-order valence-corrected chi connectivity index (χ2v) is 6.18. The number of aromatic nitrogens is 4. The van der Waals surface area contributed by atoms with Crippen LogP contribution < -0.4 is 4.90 Å². The summed E-state index contributed by atoms with van der Waals surface area (Å²) < 4.78 is 5.36. The lowest BCUT2D eigenvalue weighted by atomic mass is 10.1. The fraction of sp³-hybridized carbons (Fsp3) is 0.0526. The minimum atomic E-state index is 0.504. The van der Waals surface area contributed by atoms with Crippen LogP contribution in [-0.4, -0.2) is 26.7 Å². The van der Waals surface area contributed by atoms with Gasteiger partial charge < -0.3 is 4.52 Å². The molecule has 0 bridgehead atoms. The van der Waals surface area contributed by atoms with Crippen molar-refractivity contribution >= 4 is 29.4 Å². The van der Waals surface area contributed by atoms with Crippen molar-refractivity contribution < 1.29 is 9.32 Å². The Bertz CT molecular complexity index is 1070. The molecule has 4 aromatic rings. The normalized spacial score (nSPS) is 10.7. The van der Waals surface area contributed by atoms with Crippen LogP contribution in [0.15, 0.2) is 59.4 Å². The second kappa shape index (κ2) is 7.05. The highest BCUT2D eigenvalue weighted by Gasteiger charge is 2.23. The first-order valence-corrected chi connectivity index (χ1v) is 8.48.